The molecule has 0 aromatic heterocycles. The van der Waals surface area contributed by atoms with Gasteiger partial charge in [0, 0.05) is 16.0 Å². The average Bonchev–Trinajstić information content (AvgIpc) is 2.59. The summed E-state index contributed by atoms with van der Waals surface area (Å²) in [5.41, 5.74) is 0.879. The van der Waals surface area contributed by atoms with Gasteiger partial charge < -0.3 is 10.1 Å². The molecule has 0 saturated heterocycles. The van der Waals surface area contributed by atoms with E-state index >= 15 is 0 Å². The van der Waals surface area contributed by atoms with E-state index in [0.717, 1.165) is 20.8 Å². The van der Waals surface area contributed by atoms with Crippen molar-refractivity contribution in [3.05, 3.63) is 75.7 Å². The number of rotatable bonds is 5. The molecule has 3 aromatic carbocycles. The highest BCUT2D eigenvalue weighted by atomic mass is 79.9. The highest BCUT2D eigenvalue weighted by Crippen LogP contribution is 2.24. The van der Waals surface area contributed by atoms with Gasteiger partial charge in [-0.05, 0) is 46.7 Å². The van der Waals surface area contributed by atoms with E-state index in [2.05, 4.69) is 21.2 Å². The molecule has 0 saturated carbocycles. The number of hydrogen-bond acceptors (Lipinski definition) is 2. The molecule has 0 aliphatic rings. The Balaban J connectivity index is 1.56. The SMILES string of the molecule is O=C(COc1ccc2cc(Br)ccc2c1)NCc1ccccc1Cl. The number of fused-ring (bicyclic) bond motifs is 1. The van der Waals surface area contributed by atoms with Crippen molar-refractivity contribution < 1.29 is 9.53 Å². The van der Waals surface area contributed by atoms with Crippen LogP contribution in [0, 0.1) is 0 Å². The van der Waals surface area contributed by atoms with Crippen LogP contribution >= 0.6 is 27.5 Å². The Kier molecular flexibility index (Phi) is 5.38. The second-order valence-electron chi connectivity index (χ2n) is 5.31. The maximum absolute atomic E-state index is 11.9. The van der Waals surface area contributed by atoms with E-state index in [1.54, 1.807) is 6.07 Å². The van der Waals surface area contributed by atoms with Crippen LogP contribution in [0.25, 0.3) is 10.8 Å². The van der Waals surface area contributed by atoms with Crippen LogP contribution in [0.1, 0.15) is 5.56 Å². The molecule has 0 fully saturated rings. The third-order valence-electron chi connectivity index (χ3n) is 3.58. The predicted molar refractivity (Wildman–Crippen MR) is 100 cm³/mol. The minimum absolute atomic E-state index is 0.0352. The molecule has 0 aliphatic heterocycles. The van der Waals surface area contributed by atoms with Crippen LogP contribution in [0.15, 0.2) is 65.1 Å². The first-order valence-corrected chi connectivity index (χ1v) is 8.61. The summed E-state index contributed by atoms with van der Waals surface area (Å²) < 4.78 is 6.60. The van der Waals surface area contributed by atoms with Crippen LogP contribution < -0.4 is 10.1 Å². The molecule has 0 spiro atoms. The molecule has 3 rings (SSSR count). The number of nitrogens with one attached hydrogen (secondary N) is 1. The molecule has 3 nitrogen and oxygen atoms in total. The van der Waals surface area contributed by atoms with Gasteiger partial charge in [-0.3, -0.25) is 4.79 Å². The van der Waals surface area contributed by atoms with Crippen molar-refractivity contribution >= 4 is 44.2 Å². The Labute approximate surface area is 153 Å². The van der Waals surface area contributed by atoms with Crippen molar-refractivity contribution in [1.82, 2.24) is 5.32 Å². The van der Waals surface area contributed by atoms with Gasteiger partial charge in [-0.15, -0.1) is 0 Å². The number of carbonyl (C=O) groups excluding carboxylic acids is 1. The Bertz CT molecular complexity index is 882. The third-order valence-corrected chi connectivity index (χ3v) is 4.44. The summed E-state index contributed by atoms with van der Waals surface area (Å²) in [7, 11) is 0. The lowest BCUT2D eigenvalue weighted by Crippen LogP contribution is -2.28. The molecule has 0 atom stereocenters. The summed E-state index contributed by atoms with van der Waals surface area (Å²) >= 11 is 9.51. The summed E-state index contributed by atoms with van der Waals surface area (Å²) in [5, 5.41) is 5.61. The van der Waals surface area contributed by atoms with E-state index in [0.29, 0.717) is 17.3 Å². The zero-order chi connectivity index (χ0) is 16.9. The molecule has 1 N–H and O–H groups in total. The Morgan fingerprint density at radius 1 is 1.04 bits per heavy atom. The van der Waals surface area contributed by atoms with Crippen molar-refractivity contribution in [2.75, 3.05) is 6.61 Å². The molecule has 1 amide bonds. The second kappa shape index (κ2) is 7.69. The summed E-state index contributed by atoms with van der Waals surface area (Å²) in [6, 6.07) is 19.2. The number of benzene rings is 3. The standard InChI is InChI=1S/C19H15BrClNO2/c20-16-7-5-14-10-17(8-6-13(14)9-16)24-12-19(23)22-11-15-3-1-2-4-18(15)21/h1-10H,11-12H2,(H,22,23). The lowest BCUT2D eigenvalue weighted by atomic mass is 10.1. The van der Waals surface area contributed by atoms with Crippen molar-refractivity contribution in [3.8, 4) is 5.75 Å². The smallest absolute Gasteiger partial charge is 0.258 e. The second-order valence-corrected chi connectivity index (χ2v) is 6.63. The Morgan fingerprint density at radius 2 is 1.79 bits per heavy atom. The van der Waals surface area contributed by atoms with E-state index in [1.165, 1.54) is 0 Å². The molecular formula is C19H15BrClNO2. The fourth-order valence-electron chi connectivity index (χ4n) is 2.32. The fraction of sp³-hybridized carbons (Fsp3) is 0.105. The van der Waals surface area contributed by atoms with Crippen LogP contribution in [-0.2, 0) is 11.3 Å². The number of carbonyl (C=O) groups is 1. The lowest BCUT2D eigenvalue weighted by molar-refractivity contribution is -0.123. The van der Waals surface area contributed by atoms with Gasteiger partial charge in [-0.2, -0.15) is 0 Å². The molecule has 0 unspecified atom stereocenters. The van der Waals surface area contributed by atoms with E-state index in [9.17, 15) is 4.79 Å². The van der Waals surface area contributed by atoms with Crippen LogP contribution in [0.4, 0.5) is 0 Å². The first kappa shape index (κ1) is 16.8. The molecule has 5 heteroatoms. The molecule has 0 radical (unpaired) electrons. The van der Waals surface area contributed by atoms with Crippen molar-refractivity contribution in [2.24, 2.45) is 0 Å². The third kappa shape index (κ3) is 4.28. The largest absolute Gasteiger partial charge is 0.484 e. The topological polar surface area (TPSA) is 38.3 Å². The van der Waals surface area contributed by atoms with Crippen molar-refractivity contribution in [1.29, 1.82) is 0 Å². The van der Waals surface area contributed by atoms with Crippen LogP contribution in [0.2, 0.25) is 5.02 Å². The molecular weight excluding hydrogens is 390 g/mol. The van der Waals surface area contributed by atoms with Gasteiger partial charge in [0.15, 0.2) is 6.61 Å². The van der Waals surface area contributed by atoms with E-state index in [1.807, 2.05) is 54.6 Å². The minimum Gasteiger partial charge on any atom is -0.484 e. The number of halogens is 2. The summed E-state index contributed by atoms with van der Waals surface area (Å²) in [5.74, 6) is 0.475. The maximum Gasteiger partial charge on any atom is 0.258 e. The first-order valence-electron chi connectivity index (χ1n) is 7.44. The van der Waals surface area contributed by atoms with Crippen LogP contribution in [0.3, 0.4) is 0 Å². The number of amides is 1. The van der Waals surface area contributed by atoms with Gasteiger partial charge in [0.2, 0.25) is 0 Å². The first-order chi connectivity index (χ1) is 11.6. The number of ether oxygens (including phenoxy) is 1. The zero-order valence-electron chi connectivity index (χ0n) is 12.8. The van der Waals surface area contributed by atoms with Gasteiger partial charge in [-0.1, -0.05) is 57.9 Å². The summed E-state index contributed by atoms with van der Waals surface area (Å²) in [6.45, 7) is 0.347. The van der Waals surface area contributed by atoms with Gasteiger partial charge in [0.1, 0.15) is 5.75 Å². The molecule has 0 heterocycles. The van der Waals surface area contributed by atoms with Crippen molar-refractivity contribution in [2.45, 2.75) is 6.54 Å². The van der Waals surface area contributed by atoms with E-state index < -0.39 is 0 Å². The van der Waals surface area contributed by atoms with Gasteiger partial charge >= 0.3 is 0 Å². The van der Waals surface area contributed by atoms with E-state index in [-0.39, 0.29) is 12.5 Å². The molecule has 122 valence electrons. The monoisotopic (exact) mass is 403 g/mol. The van der Waals surface area contributed by atoms with Gasteiger partial charge in [-0.25, -0.2) is 0 Å². The van der Waals surface area contributed by atoms with Gasteiger partial charge in [0.25, 0.3) is 5.91 Å². The quantitative estimate of drug-likeness (QED) is 0.653. The highest BCUT2D eigenvalue weighted by Gasteiger charge is 2.05. The Morgan fingerprint density at radius 3 is 2.62 bits per heavy atom. The van der Waals surface area contributed by atoms with Gasteiger partial charge in [0.05, 0.1) is 0 Å². The van der Waals surface area contributed by atoms with Crippen LogP contribution in [-0.4, -0.2) is 12.5 Å². The lowest BCUT2D eigenvalue weighted by Gasteiger charge is -2.09. The summed E-state index contributed by atoms with van der Waals surface area (Å²) in [6.07, 6.45) is 0. The molecule has 24 heavy (non-hydrogen) atoms. The average molecular weight is 405 g/mol. The molecule has 0 bridgehead atoms. The maximum atomic E-state index is 11.9. The molecule has 3 aromatic rings. The normalized spacial score (nSPS) is 10.6. The zero-order valence-corrected chi connectivity index (χ0v) is 15.1. The van der Waals surface area contributed by atoms with Crippen molar-refractivity contribution in [3.63, 3.8) is 0 Å². The summed E-state index contributed by atoms with van der Waals surface area (Å²) in [4.78, 5) is 11.9. The van der Waals surface area contributed by atoms with Crippen LogP contribution in [0.5, 0.6) is 5.75 Å². The minimum atomic E-state index is -0.189. The highest BCUT2D eigenvalue weighted by molar-refractivity contribution is 9.10. The fourth-order valence-corrected chi connectivity index (χ4v) is 2.90. The van der Waals surface area contributed by atoms with E-state index in [4.69, 9.17) is 16.3 Å². The predicted octanol–water partition coefficient (Wildman–Crippen LogP) is 4.95. The molecule has 0 aliphatic carbocycles. The Hall–Kier alpha value is -2.04. The number of hydrogen-bond donors (Lipinski definition) is 1.